The van der Waals surface area contributed by atoms with Crippen LogP contribution in [0.1, 0.15) is 16.7 Å². The summed E-state index contributed by atoms with van der Waals surface area (Å²) in [5.41, 5.74) is 8.60. The molecule has 3 heterocycles. The molecule has 236 valence electrons. The summed E-state index contributed by atoms with van der Waals surface area (Å²) in [6, 6.07) is 14.0. The number of rotatable bonds is 8. The third-order valence-electron chi connectivity index (χ3n) is 8.06. The second-order valence-corrected chi connectivity index (χ2v) is 12.1. The number of hydrazine groups is 1. The van der Waals surface area contributed by atoms with E-state index in [0.29, 0.717) is 21.8 Å². The first-order chi connectivity index (χ1) is 22.1. The number of amides is 4. The summed E-state index contributed by atoms with van der Waals surface area (Å²) in [5.74, 6) is 0.705. The number of carbonyl (C=O) groups excluding carboxylic acids is 3. The molecule has 2 fully saturated rings. The van der Waals surface area contributed by atoms with Crippen molar-refractivity contribution in [2.24, 2.45) is 0 Å². The number of para-hydroxylation sites is 1. The molecule has 12 nitrogen and oxygen atoms in total. The summed E-state index contributed by atoms with van der Waals surface area (Å²) in [7, 11) is 0. The fourth-order valence-corrected chi connectivity index (χ4v) is 6.68. The van der Waals surface area contributed by atoms with E-state index >= 15 is 0 Å². The predicted molar refractivity (Wildman–Crippen MR) is 168 cm³/mol. The number of halogens is 1. The molecule has 14 heteroatoms. The molecule has 0 aliphatic carbocycles. The average Bonchev–Trinajstić information content (AvgIpc) is 3.58. The van der Waals surface area contributed by atoms with E-state index in [-0.39, 0.29) is 62.5 Å². The zero-order chi connectivity index (χ0) is 32.5. The van der Waals surface area contributed by atoms with Gasteiger partial charge in [-0.1, -0.05) is 47.6 Å². The number of thiazole rings is 1. The van der Waals surface area contributed by atoms with Crippen LogP contribution in [0.25, 0.3) is 10.2 Å². The number of hydrogen-bond donors (Lipinski definition) is 4. The van der Waals surface area contributed by atoms with Gasteiger partial charge in [0.25, 0.3) is 0 Å². The van der Waals surface area contributed by atoms with E-state index in [9.17, 15) is 29.0 Å². The maximum atomic E-state index is 14.1. The highest BCUT2D eigenvalue weighted by Crippen LogP contribution is 2.33. The first-order valence-electron chi connectivity index (χ1n) is 14.4. The SMILES string of the molecule is C#CCN(C(=O)NCc1ccc(F)cc1)N1CC(=O)N2[C@@H](Cc3ccc(O)c(O)c3)C(=O)N(Cc3cccc4sc(N)nc34)C[C@@H]21. The molecule has 0 unspecified atom stereocenters. The van der Waals surface area contributed by atoms with Crippen LogP contribution in [0.3, 0.4) is 0 Å². The van der Waals surface area contributed by atoms with Gasteiger partial charge in [-0.25, -0.2) is 19.2 Å². The van der Waals surface area contributed by atoms with E-state index in [2.05, 4.69) is 16.2 Å². The Morgan fingerprint density at radius 2 is 1.89 bits per heavy atom. The van der Waals surface area contributed by atoms with Crippen LogP contribution in [-0.4, -0.2) is 84.7 Å². The van der Waals surface area contributed by atoms with Crippen LogP contribution in [0, 0.1) is 18.2 Å². The molecule has 4 amide bonds. The van der Waals surface area contributed by atoms with Crippen LogP contribution >= 0.6 is 11.3 Å². The highest BCUT2D eigenvalue weighted by Gasteiger charge is 2.52. The van der Waals surface area contributed by atoms with Gasteiger partial charge >= 0.3 is 6.03 Å². The molecular formula is C32H30FN7O5S. The van der Waals surface area contributed by atoms with Crippen LogP contribution in [0.2, 0.25) is 0 Å². The standard InChI is InChI=1S/C32H30FN7O5S/c1-2-12-38(32(45)35-15-19-6-9-22(33)10-7-19)39-18-28(43)40-23(13-20-8-11-24(41)25(42)14-20)30(44)37(17-27(39)40)16-21-4-3-5-26-29(21)36-31(34)46-26/h1,3-11,14,23,27,41-42H,12-13,15-18H2,(H2,34,36)(H,35,45)/t23-,27+/m0/s1. The lowest BCUT2D eigenvalue weighted by molar-refractivity contribution is -0.157. The Balaban J connectivity index is 1.32. The number of fused-ring (bicyclic) bond motifs is 2. The van der Waals surface area contributed by atoms with Gasteiger partial charge < -0.3 is 31.1 Å². The number of terminal acetylenes is 1. The second-order valence-electron chi connectivity index (χ2n) is 11.0. The normalized spacial score (nSPS) is 18.1. The lowest BCUT2D eigenvalue weighted by Crippen LogP contribution is -2.66. The van der Waals surface area contributed by atoms with Gasteiger partial charge in [0.2, 0.25) is 11.8 Å². The minimum atomic E-state index is -0.991. The Morgan fingerprint density at radius 1 is 1.13 bits per heavy atom. The molecule has 1 aromatic heterocycles. The second kappa shape index (κ2) is 12.5. The number of aromatic hydroxyl groups is 2. The van der Waals surface area contributed by atoms with Crippen LogP contribution in [0.4, 0.5) is 14.3 Å². The van der Waals surface area contributed by atoms with Crippen molar-refractivity contribution in [3.63, 3.8) is 0 Å². The lowest BCUT2D eigenvalue weighted by Gasteiger charge is -2.46. The van der Waals surface area contributed by atoms with E-state index < -0.39 is 24.1 Å². The Labute approximate surface area is 267 Å². The molecule has 2 atom stereocenters. The summed E-state index contributed by atoms with van der Waals surface area (Å²) < 4.78 is 14.2. The smallest absolute Gasteiger partial charge is 0.333 e. The van der Waals surface area contributed by atoms with E-state index in [1.807, 2.05) is 18.2 Å². The quantitative estimate of drug-likeness (QED) is 0.169. The molecule has 6 rings (SSSR count). The molecule has 46 heavy (non-hydrogen) atoms. The number of phenols is 2. The largest absolute Gasteiger partial charge is 0.504 e. The minimum absolute atomic E-state index is 0.0407. The van der Waals surface area contributed by atoms with Gasteiger partial charge in [0, 0.05) is 19.5 Å². The van der Waals surface area contributed by atoms with Crippen LogP contribution in [-0.2, 0) is 29.1 Å². The number of hydrogen-bond acceptors (Lipinski definition) is 9. The van der Waals surface area contributed by atoms with Crippen molar-refractivity contribution >= 4 is 44.5 Å². The predicted octanol–water partition coefficient (Wildman–Crippen LogP) is 2.61. The van der Waals surface area contributed by atoms with E-state index in [1.54, 1.807) is 28.1 Å². The number of phenolic OH excluding ortho intramolecular Hbond substituents is 2. The molecule has 5 N–H and O–H groups in total. The topological polar surface area (TPSA) is 156 Å². The van der Waals surface area contributed by atoms with Crippen molar-refractivity contribution in [2.45, 2.75) is 31.7 Å². The first-order valence-corrected chi connectivity index (χ1v) is 15.2. The number of anilines is 1. The van der Waals surface area contributed by atoms with Gasteiger partial charge in [0.05, 0.1) is 29.9 Å². The molecule has 0 bridgehead atoms. The third-order valence-corrected chi connectivity index (χ3v) is 8.91. The molecule has 2 aliphatic heterocycles. The minimum Gasteiger partial charge on any atom is -0.504 e. The molecular weight excluding hydrogens is 613 g/mol. The fourth-order valence-electron chi connectivity index (χ4n) is 5.90. The summed E-state index contributed by atoms with van der Waals surface area (Å²) >= 11 is 1.34. The van der Waals surface area contributed by atoms with Crippen molar-refractivity contribution in [1.29, 1.82) is 0 Å². The number of aromatic nitrogens is 1. The highest BCUT2D eigenvalue weighted by atomic mass is 32.1. The molecule has 0 spiro atoms. The molecule has 2 saturated heterocycles. The molecule has 0 radical (unpaired) electrons. The average molecular weight is 644 g/mol. The van der Waals surface area contributed by atoms with Crippen LogP contribution in [0.15, 0.2) is 60.7 Å². The Bertz CT molecular complexity index is 1860. The van der Waals surface area contributed by atoms with Crippen molar-refractivity contribution in [1.82, 2.24) is 30.1 Å². The van der Waals surface area contributed by atoms with Crippen molar-refractivity contribution in [2.75, 3.05) is 25.4 Å². The van der Waals surface area contributed by atoms with E-state index in [0.717, 1.165) is 10.3 Å². The molecule has 2 aliphatic rings. The Morgan fingerprint density at radius 3 is 2.63 bits per heavy atom. The van der Waals surface area contributed by atoms with Crippen molar-refractivity contribution < 1.29 is 29.0 Å². The van der Waals surface area contributed by atoms with Gasteiger partial charge in [0.15, 0.2) is 16.6 Å². The third kappa shape index (κ3) is 5.97. The van der Waals surface area contributed by atoms with E-state index in [1.165, 1.54) is 45.5 Å². The number of nitrogens with two attached hydrogens (primary N) is 1. The van der Waals surface area contributed by atoms with Crippen molar-refractivity contribution in [3.05, 3.63) is 83.2 Å². The highest BCUT2D eigenvalue weighted by molar-refractivity contribution is 7.22. The number of carbonyl (C=O) groups is 3. The molecule has 3 aromatic carbocycles. The number of nitrogen functional groups attached to an aromatic ring is 1. The number of benzene rings is 3. The number of urea groups is 1. The van der Waals surface area contributed by atoms with Gasteiger partial charge in [0.1, 0.15) is 18.0 Å². The van der Waals surface area contributed by atoms with Crippen LogP contribution < -0.4 is 11.1 Å². The summed E-state index contributed by atoms with van der Waals surface area (Å²) in [6.07, 6.45) is 4.94. The number of nitrogens with one attached hydrogen (secondary N) is 1. The zero-order valence-electron chi connectivity index (χ0n) is 24.5. The summed E-state index contributed by atoms with van der Waals surface area (Å²) in [4.78, 5) is 48.8. The van der Waals surface area contributed by atoms with Gasteiger partial charge in [-0.05, 0) is 47.0 Å². The monoisotopic (exact) mass is 643 g/mol. The number of piperazine rings is 1. The van der Waals surface area contributed by atoms with Crippen LogP contribution in [0.5, 0.6) is 11.5 Å². The summed E-state index contributed by atoms with van der Waals surface area (Å²) in [6.45, 7) is -0.0599. The maximum Gasteiger partial charge on any atom is 0.333 e. The van der Waals surface area contributed by atoms with Gasteiger partial charge in [-0.3, -0.25) is 9.59 Å². The van der Waals surface area contributed by atoms with Crippen molar-refractivity contribution in [3.8, 4) is 23.8 Å². The summed E-state index contributed by atoms with van der Waals surface area (Å²) in [5, 5.41) is 26.0. The fraction of sp³-hybridized carbons (Fsp3) is 0.250. The Kier molecular flexibility index (Phi) is 8.35. The first kappa shape index (κ1) is 30.6. The van der Waals surface area contributed by atoms with E-state index in [4.69, 9.17) is 12.2 Å². The molecule has 4 aromatic rings. The maximum absolute atomic E-state index is 14.1. The Hall–Kier alpha value is -5.39. The van der Waals surface area contributed by atoms with Gasteiger partial charge in [-0.15, -0.1) is 6.42 Å². The van der Waals surface area contributed by atoms with Gasteiger partial charge in [-0.2, -0.15) is 5.01 Å². The lowest BCUT2D eigenvalue weighted by atomic mass is 9.99. The zero-order valence-corrected chi connectivity index (χ0v) is 25.3. The number of nitrogens with zero attached hydrogens (tertiary/aromatic N) is 5. The molecule has 0 saturated carbocycles.